The number of hydrogen-bond donors (Lipinski definition) is 2. The number of rotatable bonds is 3. The number of phenolic OH excluding ortho intramolecular Hbond substituents is 2. The van der Waals surface area contributed by atoms with Crippen molar-refractivity contribution in [2.45, 2.75) is 20.0 Å². The Kier molecular flexibility index (Phi) is 6.43. The van der Waals surface area contributed by atoms with Crippen LogP contribution in [0.1, 0.15) is 16.7 Å². The van der Waals surface area contributed by atoms with E-state index >= 15 is 0 Å². The molecule has 2 aromatic carbocycles. The first-order chi connectivity index (χ1) is 9.62. The summed E-state index contributed by atoms with van der Waals surface area (Å²) in [6.07, 6.45) is 0. The van der Waals surface area contributed by atoms with Crippen molar-refractivity contribution in [3.05, 3.63) is 59.2 Å². The van der Waals surface area contributed by atoms with E-state index in [9.17, 15) is 13.2 Å². The second kappa shape index (κ2) is 8.09. The van der Waals surface area contributed by atoms with Crippen LogP contribution in [0.25, 0.3) is 0 Å². The van der Waals surface area contributed by atoms with Crippen molar-refractivity contribution in [3.63, 3.8) is 0 Å². The molecule has 0 radical (unpaired) electrons. The van der Waals surface area contributed by atoms with Crippen molar-refractivity contribution in [3.8, 4) is 11.5 Å². The van der Waals surface area contributed by atoms with Crippen molar-refractivity contribution in [1.29, 1.82) is 0 Å². The van der Waals surface area contributed by atoms with E-state index in [1.807, 2.05) is 6.07 Å². The minimum Gasteiger partial charge on any atom is -0.508 e. The summed E-state index contributed by atoms with van der Waals surface area (Å²) in [7, 11) is 0. The summed E-state index contributed by atoms with van der Waals surface area (Å²) < 4.78 is 36.9. The average molecular weight is 284 g/mol. The van der Waals surface area contributed by atoms with Gasteiger partial charge < -0.3 is 10.2 Å². The summed E-state index contributed by atoms with van der Waals surface area (Å²) in [6.45, 7) is -2.72. The molecule has 0 aliphatic heterocycles. The fourth-order valence-electron chi connectivity index (χ4n) is 1.62. The molecule has 0 atom stereocenters. The Hall–Kier alpha value is -2.17. The van der Waals surface area contributed by atoms with Gasteiger partial charge in [0.2, 0.25) is 0 Å². The molecule has 20 heavy (non-hydrogen) atoms. The van der Waals surface area contributed by atoms with Crippen LogP contribution in [0, 0.1) is 0 Å². The number of halogens is 3. The van der Waals surface area contributed by atoms with Crippen LogP contribution in [0.15, 0.2) is 42.5 Å². The largest absolute Gasteiger partial charge is 0.508 e. The monoisotopic (exact) mass is 284 g/mol. The lowest BCUT2D eigenvalue weighted by atomic mass is 10.0. The molecule has 2 N–H and O–H groups in total. The highest BCUT2D eigenvalue weighted by Gasteiger charge is 2.10. The maximum atomic E-state index is 12.3. The molecular formula is C15H15F3O2. The number of aromatic hydroxyl groups is 2. The molecule has 2 nitrogen and oxygen atoms in total. The van der Waals surface area contributed by atoms with E-state index in [0.29, 0.717) is 5.75 Å². The Morgan fingerprint density at radius 1 is 0.700 bits per heavy atom. The number of hydrogen-bond acceptors (Lipinski definition) is 2. The molecule has 0 saturated heterocycles. The molecule has 0 heterocycles. The predicted octanol–water partition coefficient (Wildman–Crippen LogP) is 4.19. The minimum absolute atomic E-state index is 0.00259. The van der Waals surface area contributed by atoms with Crippen molar-refractivity contribution >= 4 is 0 Å². The van der Waals surface area contributed by atoms with E-state index < -0.39 is 20.0 Å². The van der Waals surface area contributed by atoms with E-state index in [1.54, 1.807) is 24.3 Å². The van der Waals surface area contributed by atoms with E-state index in [0.717, 1.165) is 12.1 Å². The van der Waals surface area contributed by atoms with Crippen LogP contribution in [0.2, 0.25) is 0 Å². The first kappa shape index (κ1) is 15.9. The SMILES string of the molecule is Oc1cc(CF)c(CF)c(CF)c1.Oc1ccccc1. The van der Waals surface area contributed by atoms with Crippen molar-refractivity contribution in [2.75, 3.05) is 0 Å². The Bertz CT molecular complexity index is 505. The topological polar surface area (TPSA) is 40.5 Å². The van der Waals surface area contributed by atoms with Crippen LogP contribution in [-0.4, -0.2) is 10.2 Å². The van der Waals surface area contributed by atoms with Gasteiger partial charge in [-0.1, -0.05) is 18.2 Å². The molecule has 5 heteroatoms. The highest BCUT2D eigenvalue weighted by atomic mass is 19.1. The van der Waals surface area contributed by atoms with Gasteiger partial charge >= 0.3 is 0 Å². The van der Waals surface area contributed by atoms with Gasteiger partial charge in [0.05, 0.1) is 0 Å². The lowest BCUT2D eigenvalue weighted by molar-refractivity contribution is 0.426. The van der Waals surface area contributed by atoms with Crippen molar-refractivity contribution < 1.29 is 23.4 Å². The Balaban J connectivity index is 0.000000240. The van der Waals surface area contributed by atoms with Gasteiger partial charge in [-0.15, -0.1) is 0 Å². The van der Waals surface area contributed by atoms with Gasteiger partial charge in [-0.3, -0.25) is 0 Å². The van der Waals surface area contributed by atoms with Gasteiger partial charge in [0.15, 0.2) is 0 Å². The second-order valence-corrected chi connectivity index (χ2v) is 3.98. The fraction of sp³-hybridized carbons (Fsp3) is 0.200. The number of phenols is 2. The zero-order valence-corrected chi connectivity index (χ0v) is 10.7. The van der Waals surface area contributed by atoms with Gasteiger partial charge in [-0.25, -0.2) is 13.2 Å². The maximum Gasteiger partial charge on any atom is 0.116 e. The highest BCUT2D eigenvalue weighted by Crippen LogP contribution is 2.24. The summed E-state index contributed by atoms with van der Waals surface area (Å²) >= 11 is 0. The van der Waals surface area contributed by atoms with Crippen LogP contribution in [0.4, 0.5) is 13.2 Å². The van der Waals surface area contributed by atoms with Crippen LogP contribution in [0.5, 0.6) is 11.5 Å². The summed E-state index contributed by atoms with van der Waals surface area (Å²) in [4.78, 5) is 0. The fourth-order valence-corrected chi connectivity index (χ4v) is 1.62. The Labute approximate surface area is 115 Å². The summed E-state index contributed by atoms with van der Waals surface area (Å²) in [6, 6.07) is 10.9. The molecule has 0 aromatic heterocycles. The van der Waals surface area contributed by atoms with Gasteiger partial charge in [0, 0.05) is 0 Å². The average Bonchev–Trinajstić information content (AvgIpc) is 2.47. The molecule has 0 aliphatic rings. The third kappa shape index (κ3) is 4.50. The molecule has 0 saturated carbocycles. The molecule has 0 fully saturated rings. The molecule has 0 unspecified atom stereocenters. The smallest absolute Gasteiger partial charge is 0.116 e. The molecular weight excluding hydrogens is 269 g/mol. The molecule has 108 valence electrons. The van der Waals surface area contributed by atoms with Crippen LogP contribution >= 0.6 is 0 Å². The molecule has 2 rings (SSSR count). The van der Waals surface area contributed by atoms with Gasteiger partial charge in [0.1, 0.15) is 31.5 Å². The summed E-state index contributed by atoms with van der Waals surface area (Å²) in [5, 5.41) is 17.7. The zero-order chi connectivity index (χ0) is 15.0. The highest BCUT2D eigenvalue weighted by molar-refractivity contribution is 5.41. The normalized spacial score (nSPS) is 9.75. The van der Waals surface area contributed by atoms with Gasteiger partial charge in [0.25, 0.3) is 0 Å². The second-order valence-electron chi connectivity index (χ2n) is 3.98. The van der Waals surface area contributed by atoms with Crippen molar-refractivity contribution in [2.24, 2.45) is 0 Å². The summed E-state index contributed by atoms with van der Waals surface area (Å²) in [5.74, 6) is 0.0833. The maximum absolute atomic E-state index is 12.3. The molecule has 2 aromatic rings. The van der Waals surface area contributed by atoms with E-state index in [2.05, 4.69) is 0 Å². The lowest BCUT2D eigenvalue weighted by Gasteiger charge is -2.08. The van der Waals surface area contributed by atoms with Gasteiger partial charge in [-0.05, 0) is 41.0 Å². The number of benzene rings is 2. The standard InChI is InChI=1S/C9H9F3O.C6H6O/c10-3-6-1-8(13)2-7(4-11)9(6)5-12;7-6-4-2-1-3-5-6/h1-2,13H,3-5H2;1-5,7H. The van der Waals surface area contributed by atoms with E-state index in [4.69, 9.17) is 10.2 Å². The quantitative estimate of drug-likeness (QED) is 0.887. The van der Waals surface area contributed by atoms with E-state index in [1.165, 1.54) is 0 Å². The van der Waals surface area contributed by atoms with Gasteiger partial charge in [-0.2, -0.15) is 0 Å². The predicted molar refractivity (Wildman–Crippen MR) is 70.6 cm³/mol. The van der Waals surface area contributed by atoms with Crippen LogP contribution in [-0.2, 0) is 20.0 Å². The molecule has 0 spiro atoms. The van der Waals surface area contributed by atoms with Crippen LogP contribution in [0.3, 0.4) is 0 Å². The Morgan fingerprint density at radius 2 is 1.20 bits per heavy atom. The Morgan fingerprint density at radius 3 is 1.50 bits per heavy atom. The molecule has 0 bridgehead atoms. The summed E-state index contributed by atoms with van der Waals surface area (Å²) in [5.41, 5.74) is 0.0214. The first-order valence-electron chi connectivity index (χ1n) is 5.88. The van der Waals surface area contributed by atoms with E-state index in [-0.39, 0.29) is 22.4 Å². The molecule has 0 amide bonds. The van der Waals surface area contributed by atoms with Crippen molar-refractivity contribution in [1.82, 2.24) is 0 Å². The number of para-hydroxylation sites is 1. The first-order valence-corrected chi connectivity index (χ1v) is 5.88. The molecule has 0 aliphatic carbocycles. The lowest BCUT2D eigenvalue weighted by Crippen LogP contribution is -1.95. The zero-order valence-electron chi connectivity index (χ0n) is 10.7. The minimum atomic E-state index is -0.918. The third-order valence-corrected chi connectivity index (χ3v) is 2.60. The number of alkyl halides is 3. The van der Waals surface area contributed by atoms with Crippen LogP contribution < -0.4 is 0 Å². The third-order valence-electron chi connectivity index (χ3n) is 2.60.